The first-order valence-corrected chi connectivity index (χ1v) is 9.01. The third-order valence-electron chi connectivity index (χ3n) is 2.89. The Morgan fingerprint density at radius 2 is 2.14 bits per heavy atom. The highest BCUT2D eigenvalue weighted by Crippen LogP contribution is 2.22. The molecule has 2 heterocycles. The number of thiophene rings is 1. The minimum Gasteiger partial charge on any atom is -0.310 e. The summed E-state index contributed by atoms with van der Waals surface area (Å²) in [6.45, 7) is 4.85. The fraction of sp³-hybridized carbons (Fsp3) is 0.462. The van der Waals surface area contributed by atoms with Crippen molar-refractivity contribution in [2.45, 2.75) is 37.9 Å². The predicted octanol–water partition coefficient (Wildman–Crippen LogP) is 1.46. The highest BCUT2D eigenvalue weighted by atomic mass is 32.2. The van der Waals surface area contributed by atoms with Crippen LogP contribution in [0.2, 0.25) is 0 Å². The number of hydrogen-bond donors (Lipinski definition) is 2. The lowest BCUT2D eigenvalue weighted by molar-refractivity contribution is 0.571. The molecule has 0 aliphatic rings. The molecule has 0 spiro atoms. The third kappa shape index (κ3) is 4.37. The van der Waals surface area contributed by atoms with Gasteiger partial charge in [0.15, 0.2) is 0 Å². The van der Waals surface area contributed by atoms with Crippen LogP contribution in [0.5, 0.6) is 0 Å². The number of nitrogens with one attached hydrogen (secondary N) is 2. The van der Waals surface area contributed by atoms with E-state index in [-0.39, 0.29) is 6.54 Å². The predicted molar refractivity (Wildman–Crippen MR) is 83.5 cm³/mol. The summed E-state index contributed by atoms with van der Waals surface area (Å²) in [7, 11) is -1.70. The molecule has 0 fully saturated rings. The topological polar surface area (TPSA) is 76.0 Å². The lowest BCUT2D eigenvalue weighted by Crippen LogP contribution is -2.26. The van der Waals surface area contributed by atoms with Gasteiger partial charge >= 0.3 is 0 Å². The molecule has 8 heteroatoms. The van der Waals surface area contributed by atoms with Crippen LogP contribution in [0.4, 0.5) is 0 Å². The van der Waals surface area contributed by atoms with Gasteiger partial charge in [-0.3, -0.25) is 4.68 Å². The van der Waals surface area contributed by atoms with E-state index >= 15 is 0 Å². The van der Waals surface area contributed by atoms with Gasteiger partial charge in [-0.1, -0.05) is 13.8 Å². The zero-order valence-corrected chi connectivity index (χ0v) is 14.0. The van der Waals surface area contributed by atoms with Crippen molar-refractivity contribution in [1.29, 1.82) is 0 Å². The maximum absolute atomic E-state index is 12.4. The van der Waals surface area contributed by atoms with E-state index in [9.17, 15) is 8.42 Å². The van der Waals surface area contributed by atoms with Crippen molar-refractivity contribution in [3.63, 3.8) is 0 Å². The monoisotopic (exact) mass is 328 g/mol. The van der Waals surface area contributed by atoms with Crippen LogP contribution >= 0.6 is 11.3 Å². The Morgan fingerprint density at radius 1 is 1.38 bits per heavy atom. The smallest absolute Gasteiger partial charge is 0.242 e. The molecule has 21 heavy (non-hydrogen) atoms. The normalized spacial score (nSPS) is 12.2. The maximum Gasteiger partial charge on any atom is 0.242 e. The first kappa shape index (κ1) is 16.2. The van der Waals surface area contributed by atoms with Crippen LogP contribution in [0, 0.1) is 0 Å². The van der Waals surface area contributed by atoms with Gasteiger partial charge in [-0.2, -0.15) is 5.10 Å². The minimum atomic E-state index is -3.50. The van der Waals surface area contributed by atoms with E-state index in [0.717, 1.165) is 10.4 Å². The highest BCUT2D eigenvalue weighted by molar-refractivity contribution is 7.89. The molecular formula is C13H20N4O2S2. The maximum atomic E-state index is 12.4. The van der Waals surface area contributed by atoms with Gasteiger partial charge in [0.1, 0.15) is 0 Å². The Kier molecular flexibility index (Phi) is 5.15. The SMILES string of the molecule is CC(C)NCc1sccc1S(=O)(=O)NCc1cnn(C)c1. The van der Waals surface area contributed by atoms with Crippen LogP contribution in [0.3, 0.4) is 0 Å². The number of nitrogens with zero attached hydrogens (tertiary/aromatic N) is 2. The van der Waals surface area contributed by atoms with Crippen molar-refractivity contribution in [2.24, 2.45) is 7.05 Å². The number of aryl methyl sites for hydroxylation is 1. The molecule has 2 aromatic heterocycles. The summed E-state index contributed by atoms with van der Waals surface area (Å²) in [5.74, 6) is 0. The number of hydrogen-bond acceptors (Lipinski definition) is 5. The van der Waals surface area contributed by atoms with Gasteiger partial charge in [0.05, 0.1) is 11.1 Å². The summed E-state index contributed by atoms with van der Waals surface area (Å²) < 4.78 is 29.0. The van der Waals surface area contributed by atoms with Crippen molar-refractivity contribution < 1.29 is 8.42 Å². The van der Waals surface area contributed by atoms with Crippen molar-refractivity contribution in [1.82, 2.24) is 19.8 Å². The van der Waals surface area contributed by atoms with E-state index < -0.39 is 10.0 Å². The second kappa shape index (κ2) is 6.69. The largest absolute Gasteiger partial charge is 0.310 e. The standard InChI is InChI=1S/C13H20N4O2S2/c1-10(2)14-8-12-13(4-5-20-12)21(18,19)16-7-11-6-15-17(3)9-11/h4-6,9-10,14,16H,7-8H2,1-3H3. The van der Waals surface area contributed by atoms with Gasteiger partial charge < -0.3 is 5.32 Å². The Morgan fingerprint density at radius 3 is 2.76 bits per heavy atom. The van der Waals surface area contributed by atoms with Crippen LogP contribution < -0.4 is 10.0 Å². The second-order valence-corrected chi connectivity index (χ2v) is 7.83. The summed E-state index contributed by atoms with van der Waals surface area (Å²) in [6.07, 6.45) is 3.44. The first-order chi connectivity index (χ1) is 9.88. The van der Waals surface area contributed by atoms with Gasteiger partial charge in [0.2, 0.25) is 10.0 Å². The Labute approximate surface area is 129 Å². The molecule has 0 saturated carbocycles. The minimum absolute atomic E-state index is 0.239. The number of aromatic nitrogens is 2. The van der Waals surface area contributed by atoms with Crippen molar-refractivity contribution in [3.05, 3.63) is 34.3 Å². The molecule has 116 valence electrons. The lowest BCUT2D eigenvalue weighted by atomic mass is 10.4. The van der Waals surface area contributed by atoms with Crippen LogP contribution in [0.15, 0.2) is 28.7 Å². The fourth-order valence-corrected chi connectivity index (χ4v) is 4.22. The molecule has 0 aromatic carbocycles. The Hall–Kier alpha value is -1.22. The molecule has 2 rings (SSSR count). The van der Waals surface area contributed by atoms with E-state index in [1.807, 2.05) is 13.8 Å². The highest BCUT2D eigenvalue weighted by Gasteiger charge is 2.19. The third-order valence-corrected chi connectivity index (χ3v) is 5.43. The zero-order chi connectivity index (χ0) is 15.5. The van der Waals surface area contributed by atoms with E-state index in [4.69, 9.17) is 0 Å². The number of rotatable bonds is 7. The summed E-state index contributed by atoms with van der Waals surface area (Å²) in [6, 6.07) is 1.96. The van der Waals surface area contributed by atoms with Crippen molar-refractivity contribution in [3.8, 4) is 0 Å². The lowest BCUT2D eigenvalue weighted by Gasteiger charge is -2.10. The average Bonchev–Trinajstić information content (AvgIpc) is 3.03. The van der Waals surface area contributed by atoms with Gasteiger partial charge in [-0.25, -0.2) is 13.1 Å². The van der Waals surface area contributed by atoms with Crippen LogP contribution in [0.1, 0.15) is 24.3 Å². The molecule has 0 unspecified atom stereocenters. The molecule has 0 bridgehead atoms. The summed E-state index contributed by atoms with van der Waals surface area (Å²) in [4.78, 5) is 1.17. The van der Waals surface area contributed by atoms with Crippen molar-refractivity contribution in [2.75, 3.05) is 0 Å². The molecule has 0 saturated heterocycles. The van der Waals surface area contributed by atoms with E-state index in [1.54, 1.807) is 35.6 Å². The van der Waals surface area contributed by atoms with Gasteiger partial charge in [-0.15, -0.1) is 11.3 Å². The molecule has 2 aromatic rings. The molecule has 2 N–H and O–H groups in total. The average molecular weight is 328 g/mol. The van der Waals surface area contributed by atoms with Crippen LogP contribution in [-0.2, 0) is 30.2 Å². The van der Waals surface area contributed by atoms with E-state index in [2.05, 4.69) is 15.1 Å². The number of sulfonamides is 1. The zero-order valence-electron chi connectivity index (χ0n) is 12.3. The van der Waals surface area contributed by atoms with Gasteiger partial charge in [0.25, 0.3) is 0 Å². The van der Waals surface area contributed by atoms with Crippen LogP contribution in [-0.4, -0.2) is 24.2 Å². The quantitative estimate of drug-likeness (QED) is 0.807. The summed E-state index contributed by atoms with van der Waals surface area (Å²) in [5.41, 5.74) is 0.832. The first-order valence-electron chi connectivity index (χ1n) is 6.65. The molecular weight excluding hydrogens is 308 g/mol. The van der Waals surface area contributed by atoms with Gasteiger partial charge in [-0.05, 0) is 11.4 Å². The Balaban J connectivity index is 2.07. The Bertz CT molecular complexity index is 689. The molecule has 0 aliphatic heterocycles. The molecule has 0 radical (unpaired) electrons. The summed E-state index contributed by atoms with van der Waals surface area (Å²) >= 11 is 1.45. The fourth-order valence-electron chi connectivity index (χ4n) is 1.81. The molecule has 6 nitrogen and oxygen atoms in total. The molecule has 0 aliphatic carbocycles. The molecule has 0 atom stereocenters. The summed E-state index contributed by atoms with van der Waals surface area (Å²) in [5, 5.41) is 9.06. The van der Waals surface area contributed by atoms with E-state index in [0.29, 0.717) is 17.5 Å². The van der Waals surface area contributed by atoms with E-state index in [1.165, 1.54) is 11.3 Å². The van der Waals surface area contributed by atoms with Gasteiger partial charge in [0, 0.05) is 42.8 Å². The molecule has 0 amide bonds. The van der Waals surface area contributed by atoms with Crippen molar-refractivity contribution >= 4 is 21.4 Å². The second-order valence-electron chi connectivity index (χ2n) is 5.09. The van der Waals surface area contributed by atoms with Crippen LogP contribution in [0.25, 0.3) is 0 Å².